The third-order valence-corrected chi connectivity index (χ3v) is 3.16. The minimum atomic E-state index is -0.226. The monoisotopic (exact) mass is 265 g/mol. The number of nitrogens with zero attached hydrogens (tertiary/aromatic N) is 2. The molecule has 18 heavy (non-hydrogen) atoms. The maximum atomic E-state index is 9.21. The Morgan fingerprint density at radius 3 is 2.78 bits per heavy atom. The van der Waals surface area contributed by atoms with Gasteiger partial charge in [0.25, 0.3) is 0 Å². The Hall–Kier alpha value is -1.53. The summed E-state index contributed by atoms with van der Waals surface area (Å²) in [5.74, 6) is 2.11. The van der Waals surface area contributed by atoms with Crippen molar-refractivity contribution in [1.82, 2.24) is 10.1 Å². The van der Waals surface area contributed by atoms with Crippen molar-refractivity contribution in [1.29, 1.82) is 0 Å². The lowest BCUT2D eigenvalue weighted by atomic mass is 10.2. The Balaban J connectivity index is 2.12. The zero-order valence-electron chi connectivity index (χ0n) is 10.0. The Morgan fingerprint density at radius 1 is 1.39 bits per heavy atom. The van der Waals surface area contributed by atoms with E-state index in [0.29, 0.717) is 11.7 Å². The lowest BCUT2D eigenvalue weighted by molar-refractivity contribution is 0.353. The van der Waals surface area contributed by atoms with Gasteiger partial charge in [-0.25, -0.2) is 0 Å². The van der Waals surface area contributed by atoms with Gasteiger partial charge >= 0.3 is 0 Å². The van der Waals surface area contributed by atoms with Gasteiger partial charge in [-0.3, -0.25) is 0 Å². The SMILES string of the molecule is CSCC[C@@H](N)c1nc(-c2ccc(O)cc2)no1. The summed E-state index contributed by atoms with van der Waals surface area (Å²) in [6.45, 7) is 0. The lowest BCUT2D eigenvalue weighted by Crippen LogP contribution is -2.11. The van der Waals surface area contributed by atoms with Gasteiger partial charge in [-0.1, -0.05) is 5.16 Å². The van der Waals surface area contributed by atoms with Crippen LogP contribution < -0.4 is 5.73 Å². The molecule has 1 aromatic carbocycles. The summed E-state index contributed by atoms with van der Waals surface area (Å²) in [5, 5.41) is 13.1. The molecule has 1 atom stereocenters. The van der Waals surface area contributed by atoms with Gasteiger partial charge in [-0.15, -0.1) is 0 Å². The Bertz CT molecular complexity index is 498. The fourth-order valence-electron chi connectivity index (χ4n) is 1.48. The highest BCUT2D eigenvalue weighted by Crippen LogP contribution is 2.21. The van der Waals surface area contributed by atoms with Gasteiger partial charge in [0, 0.05) is 5.56 Å². The van der Waals surface area contributed by atoms with Crippen LogP contribution in [0.25, 0.3) is 11.4 Å². The molecule has 2 aromatic rings. The van der Waals surface area contributed by atoms with Crippen LogP contribution in [0.4, 0.5) is 0 Å². The molecular formula is C12H15N3O2S. The van der Waals surface area contributed by atoms with Crippen molar-refractivity contribution in [2.75, 3.05) is 12.0 Å². The molecule has 0 unspecified atom stereocenters. The summed E-state index contributed by atoms with van der Waals surface area (Å²) in [6, 6.07) is 6.41. The van der Waals surface area contributed by atoms with Crippen LogP contribution in [0.1, 0.15) is 18.4 Å². The molecule has 5 nitrogen and oxygen atoms in total. The maximum absolute atomic E-state index is 9.21. The van der Waals surface area contributed by atoms with Crippen molar-refractivity contribution >= 4 is 11.8 Å². The van der Waals surface area contributed by atoms with E-state index < -0.39 is 0 Å². The predicted octanol–water partition coefficient (Wildman–Crippen LogP) is 2.20. The Morgan fingerprint density at radius 2 is 2.11 bits per heavy atom. The molecule has 0 saturated heterocycles. The molecular weight excluding hydrogens is 250 g/mol. The highest BCUT2D eigenvalue weighted by molar-refractivity contribution is 7.98. The molecule has 6 heteroatoms. The largest absolute Gasteiger partial charge is 0.508 e. The van der Waals surface area contributed by atoms with Crippen LogP contribution in [0.2, 0.25) is 0 Å². The molecule has 0 spiro atoms. The van der Waals surface area contributed by atoms with Crippen LogP contribution in [0.3, 0.4) is 0 Å². The molecule has 1 aromatic heterocycles. The normalized spacial score (nSPS) is 12.6. The quantitative estimate of drug-likeness (QED) is 0.862. The Labute approximate surface area is 109 Å². The molecule has 0 amide bonds. The van der Waals surface area contributed by atoms with E-state index in [9.17, 15) is 5.11 Å². The summed E-state index contributed by atoms with van der Waals surface area (Å²) in [6.07, 6.45) is 2.83. The van der Waals surface area contributed by atoms with Crippen LogP contribution in [0.15, 0.2) is 28.8 Å². The van der Waals surface area contributed by atoms with Gasteiger partial charge in [0.05, 0.1) is 6.04 Å². The number of nitrogens with two attached hydrogens (primary N) is 1. The molecule has 3 N–H and O–H groups in total. The van der Waals surface area contributed by atoms with Gasteiger partial charge in [-0.05, 0) is 42.7 Å². The standard InChI is InChI=1S/C12H15N3O2S/c1-18-7-6-10(13)12-14-11(15-17-12)8-2-4-9(16)5-3-8/h2-5,10,16H,6-7,13H2,1H3/t10-/m1/s1. The number of rotatable bonds is 5. The van der Waals surface area contributed by atoms with Crippen LogP contribution in [-0.2, 0) is 0 Å². The number of phenolic OH excluding ortho intramolecular Hbond substituents is 1. The summed E-state index contributed by atoms with van der Waals surface area (Å²) in [7, 11) is 0. The van der Waals surface area contributed by atoms with E-state index in [-0.39, 0.29) is 11.8 Å². The fraction of sp³-hybridized carbons (Fsp3) is 0.333. The third kappa shape index (κ3) is 3.02. The molecule has 2 rings (SSSR count). The number of aromatic hydroxyl groups is 1. The number of benzene rings is 1. The second-order valence-electron chi connectivity index (χ2n) is 3.89. The third-order valence-electron chi connectivity index (χ3n) is 2.52. The van der Waals surface area contributed by atoms with Crippen molar-refractivity contribution in [3.63, 3.8) is 0 Å². The number of phenols is 1. The second-order valence-corrected chi connectivity index (χ2v) is 4.88. The van der Waals surface area contributed by atoms with E-state index in [1.54, 1.807) is 36.0 Å². The van der Waals surface area contributed by atoms with Gasteiger partial charge in [0.2, 0.25) is 11.7 Å². The molecule has 0 radical (unpaired) electrons. The number of thioether (sulfide) groups is 1. The van der Waals surface area contributed by atoms with Crippen molar-refractivity contribution in [2.45, 2.75) is 12.5 Å². The lowest BCUT2D eigenvalue weighted by Gasteiger charge is -2.03. The van der Waals surface area contributed by atoms with Crippen molar-refractivity contribution in [3.8, 4) is 17.1 Å². The first-order chi connectivity index (χ1) is 8.70. The molecule has 96 valence electrons. The van der Waals surface area contributed by atoms with Crippen molar-refractivity contribution in [3.05, 3.63) is 30.2 Å². The topological polar surface area (TPSA) is 85.2 Å². The molecule has 0 bridgehead atoms. The highest BCUT2D eigenvalue weighted by Gasteiger charge is 2.15. The van der Waals surface area contributed by atoms with E-state index in [0.717, 1.165) is 17.7 Å². The summed E-state index contributed by atoms with van der Waals surface area (Å²) in [4.78, 5) is 4.27. The minimum absolute atomic E-state index is 0.208. The first-order valence-electron chi connectivity index (χ1n) is 5.58. The first-order valence-corrected chi connectivity index (χ1v) is 6.97. The molecule has 0 saturated carbocycles. The molecule has 1 heterocycles. The highest BCUT2D eigenvalue weighted by atomic mass is 32.2. The summed E-state index contributed by atoms with van der Waals surface area (Å²) >= 11 is 1.73. The van der Waals surface area contributed by atoms with E-state index >= 15 is 0 Å². The zero-order chi connectivity index (χ0) is 13.0. The smallest absolute Gasteiger partial charge is 0.243 e. The van der Waals surface area contributed by atoms with Gasteiger partial charge < -0.3 is 15.4 Å². The number of hydrogen-bond acceptors (Lipinski definition) is 6. The van der Waals surface area contributed by atoms with Crippen LogP contribution >= 0.6 is 11.8 Å². The maximum Gasteiger partial charge on any atom is 0.243 e. The first kappa shape index (κ1) is 12.9. The predicted molar refractivity (Wildman–Crippen MR) is 71.3 cm³/mol. The van der Waals surface area contributed by atoms with Crippen LogP contribution in [0, 0.1) is 0 Å². The molecule has 0 aliphatic rings. The zero-order valence-corrected chi connectivity index (χ0v) is 10.9. The summed E-state index contributed by atoms with van der Waals surface area (Å²) in [5.41, 5.74) is 6.74. The number of hydrogen-bond donors (Lipinski definition) is 2. The van der Waals surface area contributed by atoms with Crippen LogP contribution in [0.5, 0.6) is 5.75 Å². The minimum Gasteiger partial charge on any atom is -0.508 e. The van der Waals surface area contributed by atoms with E-state index in [1.165, 1.54) is 0 Å². The van der Waals surface area contributed by atoms with Gasteiger partial charge in [-0.2, -0.15) is 16.7 Å². The Kier molecular flexibility index (Phi) is 4.22. The average molecular weight is 265 g/mol. The second kappa shape index (κ2) is 5.88. The summed E-state index contributed by atoms with van der Waals surface area (Å²) < 4.78 is 5.15. The van der Waals surface area contributed by atoms with Crippen molar-refractivity contribution in [2.24, 2.45) is 5.73 Å². The van der Waals surface area contributed by atoms with Gasteiger partial charge in [0.15, 0.2) is 0 Å². The van der Waals surface area contributed by atoms with Crippen LogP contribution in [-0.4, -0.2) is 27.3 Å². The fourth-order valence-corrected chi connectivity index (χ4v) is 1.97. The van der Waals surface area contributed by atoms with E-state index in [4.69, 9.17) is 10.3 Å². The van der Waals surface area contributed by atoms with E-state index in [1.807, 2.05) is 6.26 Å². The van der Waals surface area contributed by atoms with E-state index in [2.05, 4.69) is 10.1 Å². The molecule has 0 fully saturated rings. The number of aromatic nitrogens is 2. The molecule has 0 aliphatic carbocycles. The average Bonchev–Trinajstić information content (AvgIpc) is 2.86. The van der Waals surface area contributed by atoms with Gasteiger partial charge in [0.1, 0.15) is 5.75 Å². The van der Waals surface area contributed by atoms with Crippen molar-refractivity contribution < 1.29 is 9.63 Å². The molecule has 0 aliphatic heterocycles.